The van der Waals surface area contributed by atoms with Crippen molar-refractivity contribution in [2.75, 3.05) is 39.9 Å². The van der Waals surface area contributed by atoms with Crippen molar-refractivity contribution in [3.05, 3.63) is 17.5 Å². The average molecular weight is 351 g/mol. The van der Waals surface area contributed by atoms with Gasteiger partial charge in [0.1, 0.15) is 0 Å². The highest BCUT2D eigenvalue weighted by molar-refractivity contribution is 5.79. The highest BCUT2D eigenvalue weighted by Gasteiger charge is 2.23. The normalized spacial score (nSPS) is 18.0. The zero-order chi connectivity index (χ0) is 18.2. The van der Waals surface area contributed by atoms with Crippen molar-refractivity contribution in [3.8, 4) is 0 Å². The van der Waals surface area contributed by atoms with Gasteiger partial charge in [-0.2, -0.15) is 0 Å². The number of nitrogens with zero attached hydrogens (tertiary/aromatic N) is 3. The van der Waals surface area contributed by atoms with E-state index >= 15 is 0 Å². The summed E-state index contributed by atoms with van der Waals surface area (Å²) in [6.45, 7) is 13.8. The number of morpholine rings is 1. The second-order valence-electron chi connectivity index (χ2n) is 7.14. The number of guanidine groups is 1. The number of aromatic nitrogens is 1. The number of nitrogens with one attached hydrogen (secondary N) is 2. The molecule has 1 aromatic rings. The first kappa shape index (κ1) is 19.7. The molecule has 0 bridgehead atoms. The predicted octanol–water partition coefficient (Wildman–Crippen LogP) is 1.82. The van der Waals surface area contributed by atoms with Crippen molar-refractivity contribution >= 4 is 5.96 Å². The molecule has 0 aromatic carbocycles. The van der Waals surface area contributed by atoms with E-state index in [1.807, 2.05) is 6.07 Å². The zero-order valence-electron chi connectivity index (χ0n) is 16.2. The maximum Gasteiger partial charge on any atom is 0.191 e. The van der Waals surface area contributed by atoms with Gasteiger partial charge >= 0.3 is 0 Å². The number of aliphatic imine (C=N–C) groups is 1. The molecule has 0 radical (unpaired) electrons. The first-order valence-corrected chi connectivity index (χ1v) is 9.23. The third kappa shape index (κ3) is 6.01. The largest absolute Gasteiger partial charge is 0.379 e. The molecule has 0 saturated carbocycles. The average Bonchev–Trinajstić information content (AvgIpc) is 3.08. The van der Waals surface area contributed by atoms with Crippen LogP contribution in [-0.2, 0) is 11.3 Å². The first-order chi connectivity index (χ1) is 12.0. The fourth-order valence-electron chi connectivity index (χ4n) is 2.97. The van der Waals surface area contributed by atoms with Gasteiger partial charge in [-0.25, -0.2) is 0 Å². The Morgan fingerprint density at radius 3 is 2.52 bits per heavy atom. The lowest BCUT2D eigenvalue weighted by Gasteiger charge is -2.37. The van der Waals surface area contributed by atoms with Crippen LogP contribution in [0.2, 0.25) is 0 Å². The van der Waals surface area contributed by atoms with Crippen LogP contribution in [0.15, 0.2) is 15.6 Å². The van der Waals surface area contributed by atoms with E-state index in [0.717, 1.165) is 50.3 Å². The fraction of sp³-hybridized carbons (Fsp3) is 0.778. The molecule has 1 aromatic heterocycles. The highest BCUT2D eigenvalue weighted by Crippen LogP contribution is 2.14. The van der Waals surface area contributed by atoms with Gasteiger partial charge in [0.05, 0.1) is 25.5 Å². The molecule has 1 fully saturated rings. The Labute approximate surface area is 151 Å². The molecule has 0 amide bonds. The Kier molecular flexibility index (Phi) is 7.71. The summed E-state index contributed by atoms with van der Waals surface area (Å²) < 4.78 is 10.8. The number of ether oxygens (including phenoxy) is 1. The van der Waals surface area contributed by atoms with Gasteiger partial charge in [0, 0.05) is 38.8 Å². The molecule has 2 heterocycles. The van der Waals surface area contributed by atoms with Crippen LogP contribution in [-0.4, -0.2) is 62.0 Å². The Morgan fingerprint density at radius 2 is 1.96 bits per heavy atom. The lowest BCUT2D eigenvalue weighted by molar-refractivity contribution is 0.00752. The minimum Gasteiger partial charge on any atom is -0.379 e. The quantitative estimate of drug-likeness (QED) is 0.577. The Hall–Kier alpha value is -1.60. The van der Waals surface area contributed by atoms with Gasteiger partial charge in [0.2, 0.25) is 0 Å². The third-order valence-electron chi connectivity index (χ3n) is 4.59. The van der Waals surface area contributed by atoms with Gasteiger partial charge in [-0.15, -0.1) is 0 Å². The molecule has 1 saturated heterocycles. The Bertz CT molecular complexity index is 535. The molecule has 1 aliphatic rings. The summed E-state index contributed by atoms with van der Waals surface area (Å²) in [4.78, 5) is 6.81. The summed E-state index contributed by atoms with van der Waals surface area (Å²) in [6.07, 6.45) is 0. The van der Waals surface area contributed by atoms with Gasteiger partial charge in [-0.05, 0) is 11.8 Å². The molecule has 2 rings (SSSR count). The molecular weight excluding hydrogens is 318 g/mol. The zero-order valence-corrected chi connectivity index (χ0v) is 16.2. The number of hydrogen-bond donors (Lipinski definition) is 2. The molecule has 25 heavy (non-hydrogen) atoms. The summed E-state index contributed by atoms with van der Waals surface area (Å²) in [5, 5.41) is 10.8. The molecule has 1 atom stereocenters. The summed E-state index contributed by atoms with van der Waals surface area (Å²) in [5.74, 6) is 2.53. The molecule has 142 valence electrons. The summed E-state index contributed by atoms with van der Waals surface area (Å²) in [7, 11) is 1.79. The van der Waals surface area contributed by atoms with Crippen LogP contribution < -0.4 is 10.6 Å². The summed E-state index contributed by atoms with van der Waals surface area (Å²) in [5.41, 5.74) is 0.979. The van der Waals surface area contributed by atoms with Gasteiger partial charge in [-0.3, -0.25) is 9.89 Å². The van der Waals surface area contributed by atoms with E-state index < -0.39 is 0 Å². The van der Waals surface area contributed by atoms with Crippen molar-refractivity contribution in [1.82, 2.24) is 20.7 Å². The summed E-state index contributed by atoms with van der Waals surface area (Å²) in [6, 6.07) is 2.45. The molecule has 2 N–H and O–H groups in total. The topological polar surface area (TPSA) is 74.9 Å². The van der Waals surface area contributed by atoms with E-state index in [2.05, 4.69) is 53.4 Å². The minimum absolute atomic E-state index is 0.371. The second-order valence-corrected chi connectivity index (χ2v) is 7.14. The first-order valence-electron chi connectivity index (χ1n) is 9.23. The predicted molar refractivity (Wildman–Crippen MR) is 99.8 cm³/mol. The van der Waals surface area contributed by atoms with Gasteiger partial charge < -0.3 is 19.9 Å². The lowest BCUT2D eigenvalue weighted by atomic mass is 10.0. The van der Waals surface area contributed by atoms with Gasteiger partial charge in [-0.1, -0.05) is 32.9 Å². The molecule has 0 spiro atoms. The van der Waals surface area contributed by atoms with Gasteiger partial charge in [0.15, 0.2) is 11.7 Å². The van der Waals surface area contributed by atoms with Crippen molar-refractivity contribution in [2.45, 2.75) is 46.2 Å². The number of rotatable bonds is 7. The van der Waals surface area contributed by atoms with E-state index in [1.54, 1.807) is 7.05 Å². The van der Waals surface area contributed by atoms with E-state index in [-0.39, 0.29) is 0 Å². The van der Waals surface area contributed by atoms with Crippen molar-refractivity contribution in [3.63, 3.8) is 0 Å². The SMILES string of the molecule is CN=C(NCc1cc(C(C)C)no1)NCC(C(C)C)N1CCOCC1. The maximum atomic E-state index is 5.47. The standard InChI is InChI=1S/C18H33N5O2/c1-13(2)16-10-15(25-22-16)11-20-18(19-5)21-12-17(14(3)4)23-6-8-24-9-7-23/h10,13-14,17H,6-9,11-12H2,1-5H3,(H2,19,20,21). The monoisotopic (exact) mass is 351 g/mol. The van der Waals surface area contributed by atoms with E-state index in [1.165, 1.54) is 0 Å². The molecule has 1 unspecified atom stereocenters. The minimum atomic E-state index is 0.371. The van der Waals surface area contributed by atoms with Crippen LogP contribution in [0.3, 0.4) is 0 Å². The van der Waals surface area contributed by atoms with E-state index in [9.17, 15) is 0 Å². The van der Waals surface area contributed by atoms with Crippen LogP contribution in [0.25, 0.3) is 0 Å². The molecule has 0 aliphatic carbocycles. The van der Waals surface area contributed by atoms with Crippen molar-refractivity contribution in [1.29, 1.82) is 0 Å². The highest BCUT2D eigenvalue weighted by atomic mass is 16.5. The third-order valence-corrected chi connectivity index (χ3v) is 4.59. The fourth-order valence-corrected chi connectivity index (χ4v) is 2.97. The van der Waals surface area contributed by atoms with Gasteiger partial charge in [0.25, 0.3) is 0 Å². The Morgan fingerprint density at radius 1 is 1.24 bits per heavy atom. The maximum absolute atomic E-state index is 5.47. The smallest absolute Gasteiger partial charge is 0.191 e. The van der Waals surface area contributed by atoms with Crippen LogP contribution in [0, 0.1) is 5.92 Å². The van der Waals surface area contributed by atoms with Crippen molar-refractivity contribution < 1.29 is 9.26 Å². The second kappa shape index (κ2) is 9.77. The van der Waals surface area contributed by atoms with Crippen molar-refractivity contribution in [2.24, 2.45) is 10.9 Å². The molecule has 1 aliphatic heterocycles. The van der Waals surface area contributed by atoms with Crippen LogP contribution in [0.4, 0.5) is 0 Å². The van der Waals surface area contributed by atoms with E-state index in [0.29, 0.717) is 24.4 Å². The van der Waals surface area contributed by atoms with Crippen LogP contribution in [0.5, 0.6) is 0 Å². The molecule has 7 heteroatoms. The van der Waals surface area contributed by atoms with Crippen LogP contribution in [0.1, 0.15) is 45.1 Å². The number of hydrogen-bond acceptors (Lipinski definition) is 5. The molecular formula is C18H33N5O2. The van der Waals surface area contributed by atoms with Crippen LogP contribution >= 0.6 is 0 Å². The Balaban J connectivity index is 1.83. The van der Waals surface area contributed by atoms with E-state index in [4.69, 9.17) is 9.26 Å². The molecule has 7 nitrogen and oxygen atoms in total. The summed E-state index contributed by atoms with van der Waals surface area (Å²) >= 11 is 0. The lowest BCUT2D eigenvalue weighted by Crippen LogP contribution is -2.52.